The second-order valence-electron chi connectivity index (χ2n) is 11.1. The van der Waals surface area contributed by atoms with Gasteiger partial charge in [-0.2, -0.15) is 0 Å². The Morgan fingerprint density at radius 3 is 2.02 bits per heavy atom. The molecule has 0 aromatic heterocycles. The highest BCUT2D eigenvalue weighted by atomic mass is 35.6. The summed E-state index contributed by atoms with van der Waals surface area (Å²) in [6.07, 6.45) is -1.50. The number of amides is 3. The molecule has 45 heavy (non-hydrogen) atoms. The molecule has 0 aliphatic heterocycles. The minimum Gasteiger partial charge on any atom is -0.460 e. The third-order valence-corrected chi connectivity index (χ3v) is 6.39. The van der Waals surface area contributed by atoms with E-state index >= 15 is 0 Å². The van der Waals surface area contributed by atoms with Crippen molar-refractivity contribution >= 4 is 64.8 Å². The van der Waals surface area contributed by atoms with Gasteiger partial charge in [0, 0.05) is 6.42 Å². The van der Waals surface area contributed by atoms with E-state index in [1.165, 1.54) is 13.0 Å². The number of hydrogen-bond donors (Lipinski definition) is 3. The molecule has 12 nitrogen and oxygen atoms in total. The van der Waals surface area contributed by atoms with Crippen molar-refractivity contribution in [2.24, 2.45) is 5.92 Å². The lowest BCUT2D eigenvalue weighted by Crippen LogP contribution is -2.58. The summed E-state index contributed by atoms with van der Waals surface area (Å²) in [5.74, 6) is -2.99. The Bertz CT molecular complexity index is 1160. The van der Waals surface area contributed by atoms with Crippen LogP contribution in [0.15, 0.2) is 43.0 Å². The highest BCUT2D eigenvalue weighted by Crippen LogP contribution is 2.26. The third-order valence-electron chi connectivity index (χ3n) is 6.06. The molecular formula is C30H42Cl3N3O9. The second kappa shape index (κ2) is 18.7. The average molecular weight is 695 g/mol. The number of carbonyl (C=O) groups excluding carboxylic acids is 5. The molecule has 252 valence electrons. The molecule has 0 saturated heterocycles. The first-order valence-electron chi connectivity index (χ1n) is 14.2. The molecule has 0 heterocycles. The molecule has 0 radical (unpaired) electrons. The number of alkyl halides is 3. The third kappa shape index (κ3) is 16.1. The summed E-state index contributed by atoms with van der Waals surface area (Å²) in [5, 5.41) is 7.35. The number of rotatable bonds is 15. The summed E-state index contributed by atoms with van der Waals surface area (Å²) in [7, 11) is 0. The Balaban J connectivity index is 3.29. The van der Waals surface area contributed by atoms with Gasteiger partial charge < -0.3 is 34.9 Å². The fraction of sp³-hybridized carbons (Fsp3) is 0.567. The van der Waals surface area contributed by atoms with Crippen molar-refractivity contribution in [3.8, 4) is 0 Å². The first kappa shape index (κ1) is 39.8. The van der Waals surface area contributed by atoms with Crippen LogP contribution in [0.1, 0.15) is 53.5 Å². The summed E-state index contributed by atoms with van der Waals surface area (Å²) < 4.78 is 19.0. The smallest absolute Gasteiger partial charge is 0.408 e. The molecule has 0 saturated carbocycles. The first-order chi connectivity index (χ1) is 20.9. The van der Waals surface area contributed by atoms with Gasteiger partial charge >= 0.3 is 24.1 Å². The monoisotopic (exact) mass is 693 g/mol. The van der Waals surface area contributed by atoms with Gasteiger partial charge in [-0.3, -0.25) is 4.79 Å². The van der Waals surface area contributed by atoms with E-state index in [9.17, 15) is 24.0 Å². The van der Waals surface area contributed by atoms with Crippen molar-refractivity contribution in [1.82, 2.24) is 16.0 Å². The standard InChI is InChI=1S/C30H42Cl3N3O9/c1-8-15-42-25(38)21(16-20-13-11-10-12-14-20)34-24(37)23(36-27(40)43-17-30(31,32)33)19(4)44-26(39)22(18(3)9-2)35-28(41)45-29(5,6)7/h8,10-14,18-19,21-23H,1,9,15-17H2,2-7H3,(H,34,37)(H,35,41)(H,36,40)/t18-,19+,21-,22-,23-/m0/s1. The van der Waals surface area contributed by atoms with Crippen molar-refractivity contribution in [3.05, 3.63) is 48.6 Å². The zero-order valence-electron chi connectivity index (χ0n) is 26.2. The van der Waals surface area contributed by atoms with E-state index in [2.05, 4.69) is 22.5 Å². The van der Waals surface area contributed by atoms with Crippen molar-refractivity contribution < 1.29 is 42.9 Å². The van der Waals surface area contributed by atoms with Gasteiger partial charge in [0.25, 0.3) is 0 Å². The van der Waals surface area contributed by atoms with Crippen molar-refractivity contribution in [2.45, 2.75) is 88.0 Å². The van der Waals surface area contributed by atoms with Gasteiger partial charge in [-0.1, -0.05) is 98.1 Å². The predicted molar refractivity (Wildman–Crippen MR) is 170 cm³/mol. The molecule has 0 unspecified atom stereocenters. The van der Waals surface area contributed by atoms with Crippen LogP contribution in [0.4, 0.5) is 9.59 Å². The van der Waals surface area contributed by atoms with E-state index < -0.39 is 76.2 Å². The number of halogens is 3. The molecule has 1 aromatic rings. The number of nitrogens with one attached hydrogen (secondary N) is 3. The van der Waals surface area contributed by atoms with Crippen LogP contribution in [0.3, 0.4) is 0 Å². The number of alkyl carbamates (subject to hydrolysis) is 2. The molecule has 0 bridgehead atoms. The van der Waals surface area contributed by atoms with Crippen LogP contribution in [-0.2, 0) is 39.8 Å². The van der Waals surface area contributed by atoms with Crippen molar-refractivity contribution in [3.63, 3.8) is 0 Å². The van der Waals surface area contributed by atoms with Crippen LogP contribution < -0.4 is 16.0 Å². The lowest BCUT2D eigenvalue weighted by atomic mass is 9.99. The molecule has 0 spiro atoms. The zero-order valence-corrected chi connectivity index (χ0v) is 28.5. The maximum absolute atomic E-state index is 13.6. The van der Waals surface area contributed by atoms with Gasteiger partial charge in [0.2, 0.25) is 9.70 Å². The zero-order chi connectivity index (χ0) is 34.4. The SMILES string of the molecule is C=CCOC(=O)[C@H](Cc1ccccc1)NC(=O)[C@@H](NC(=O)OCC(Cl)(Cl)Cl)[C@@H](C)OC(=O)[C@@H](NC(=O)OC(C)(C)C)[C@@H](C)CC. The normalized spacial score (nSPS) is 14.8. The molecule has 0 aliphatic rings. The van der Waals surface area contributed by atoms with Gasteiger partial charge in [0.1, 0.15) is 43.0 Å². The highest BCUT2D eigenvalue weighted by molar-refractivity contribution is 6.67. The summed E-state index contributed by atoms with van der Waals surface area (Å²) in [4.78, 5) is 64.9. The quantitative estimate of drug-likeness (QED) is 0.102. The van der Waals surface area contributed by atoms with Crippen LogP contribution in [0.5, 0.6) is 0 Å². The minimum atomic E-state index is -1.94. The molecule has 5 atom stereocenters. The van der Waals surface area contributed by atoms with E-state index in [0.29, 0.717) is 12.0 Å². The number of carbonyl (C=O) groups is 5. The van der Waals surface area contributed by atoms with Crippen LogP contribution >= 0.6 is 34.8 Å². The van der Waals surface area contributed by atoms with E-state index in [-0.39, 0.29) is 13.0 Å². The largest absolute Gasteiger partial charge is 0.460 e. The van der Waals surface area contributed by atoms with Crippen molar-refractivity contribution in [1.29, 1.82) is 0 Å². The van der Waals surface area contributed by atoms with E-state index in [0.717, 1.165) is 0 Å². The van der Waals surface area contributed by atoms with Crippen molar-refractivity contribution in [2.75, 3.05) is 13.2 Å². The number of esters is 2. The Labute approximate surface area is 278 Å². The lowest BCUT2D eigenvalue weighted by molar-refractivity contribution is -0.156. The van der Waals surface area contributed by atoms with Gasteiger partial charge in [-0.15, -0.1) is 0 Å². The Morgan fingerprint density at radius 2 is 1.49 bits per heavy atom. The van der Waals surface area contributed by atoms with Crippen LogP contribution in [0.2, 0.25) is 0 Å². The maximum Gasteiger partial charge on any atom is 0.408 e. The first-order valence-corrected chi connectivity index (χ1v) is 15.3. The Morgan fingerprint density at radius 1 is 0.889 bits per heavy atom. The fourth-order valence-electron chi connectivity index (χ4n) is 3.69. The summed E-state index contributed by atoms with van der Waals surface area (Å²) >= 11 is 17.0. The van der Waals surface area contributed by atoms with Gasteiger partial charge in [-0.25, -0.2) is 19.2 Å². The van der Waals surface area contributed by atoms with Crippen LogP contribution in [0.25, 0.3) is 0 Å². The molecule has 1 rings (SSSR count). The number of ether oxygens (including phenoxy) is 4. The highest BCUT2D eigenvalue weighted by Gasteiger charge is 2.37. The molecule has 3 N–H and O–H groups in total. The lowest BCUT2D eigenvalue weighted by Gasteiger charge is -2.29. The van der Waals surface area contributed by atoms with Gasteiger partial charge in [0.15, 0.2) is 0 Å². The van der Waals surface area contributed by atoms with E-state index in [1.54, 1.807) is 58.0 Å². The average Bonchev–Trinajstić information content (AvgIpc) is 2.94. The molecule has 15 heteroatoms. The molecule has 0 fully saturated rings. The summed E-state index contributed by atoms with van der Waals surface area (Å²) in [6, 6.07) is 4.83. The van der Waals surface area contributed by atoms with Gasteiger partial charge in [-0.05, 0) is 39.2 Å². The number of hydrogen-bond acceptors (Lipinski definition) is 9. The van der Waals surface area contributed by atoms with Crippen LogP contribution in [-0.4, -0.2) is 76.9 Å². The Hall–Kier alpha value is -3.22. The fourth-order valence-corrected chi connectivity index (χ4v) is 3.85. The van der Waals surface area contributed by atoms with Crippen LogP contribution in [0, 0.1) is 5.92 Å². The minimum absolute atomic E-state index is 0.0387. The van der Waals surface area contributed by atoms with E-state index in [1.807, 2.05) is 6.92 Å². The Kier molecular flexibility index (Phi) is 16.5. The summed E-state index contributed by atoms with van der Waals surface area (Å²) in [5.41, 5.74) is -0.126. The second-order valence-corrected chi connectivity index (χ2v) is 13.7. The van der Waals surface area contributed by atoms with Gasteiger partial charge in [0.05, 0.1) is 0 Å². The molecule has 1 aromatic carbocycles. The molecule has 0 aliphatic carbocycles. The summed E-state index contributed by atoms with van der Waals surface area (Å²) in [6.45, 7) is 12.6. The molecule has 3 amide bonds. The number of benzene rings is 1. The predicted octanol–water partition coefficient (Wildman–Crippen LogP) is 4.78. The van der Waals surface area contributed by atoms with E-state index in [4.69, 9.17) is 53.8 Å². The molecular weight excluding hydrogens is 653 g/mol. The topological polar surface area (TPSA) is 158 Å². The maximum atomic E-state index is 13.6.